The second-order valence-electron chi connectivity index (χ2n) is 3.96. The monoisotopic (exact) mass is 262 g/mol. The van der Waals surface area contributed by atoms with Crippen LogP contribution in [0.4, 0.5) is 0 Å². The highest BCUT2D eigenvalue weighted by Gasteiger charge is 2.17. The van der Waals surface area contributed by atoms with Gasteiger partial charge in [0.2, 0.25) is 0 Å². The van der Waals surface area contributed by atoms with Crippen LogP contribution in [-0.2, 0) is 0 Å². The van der Waals surface area contributed by atoms with Gasteiger partial charge in [-0.05, 0) is 18.6 Å². The van der Waals surface area contributed by atoms with E-state index in [4.69, 9.17) is 11.6 Å². The topological polar surface area (TPSA) is 57.5 Å². The van der Waals surface area contributed by atoms with Gasteiger partial charge < -0.3 is 10.2 Å². The summed E-state index contributed by atoms with van der Waals surface area (Å²) in [6, 6.07) is 9.40. The molecule has 4 heteroatoms. The summed E-state index contributed by atoms with van der Waals surface area (Å²) >= 11 is 5.74. The number of phenols is 2. The minimum absolute atomic E-state index is 0.0322. The molecule has 0 fully saturated rings. The number of benzene rings is 2. The van der Waals surface area contributed by atoms with E-state index in [9.17, 15) is 15.0 Å². The van der Waals surface area contributed by atoms with Crippen LogP contribution >= 0.6 is 11.6 Å². The maximum atomic E-state index is 12.3. The normalized spacial score (nSPS) is 10.3. The van der Waals surface area contributed by atoms with Gasteiger partial charge in [-0.1, -0.05) is 35.9 Å². The Morgan fingerprint density at radius 3 is 2.39 bits per heavy atom. The van der Waals surface area contributed by atoms with Crippen LogP contribution < -0.4 is 0 Å². The van der Waals surface area contributed by atoms with Gasteiger partial charge in [-0.15, -0.1) is 0 Å². The quantitative estimate of drug-likeness (QED) is 0.817. The third kappa shape index (κ3) is 2.17. The number of hydrogen-bond acceptors (Lipinski definition) is 3. The lowest BCUT2D eigenvalue weighted by Crippen LogP contribution is -2.03. The summed E-state index contributed by atoms with van der Waals surface area (Å²) in [6.07, 6.45) is 0. The lowest BCUT2D eigenvalue weighted by molar-refractivity contribution is 0.103. The minimum atomic E-state index is -0.326. The number of aromatic hydroxyl groups is 2. The van der Waals surface area contributed by atoms with E-state index in [1.165, 1.54) is 6.07 Å². The Morgan fingerprint density at radius 1 is 1.06 bits per heavy atom. The number of hydrogen-bond donors (Lipinski definition) is 2. The number of carbonyl (C=O) groups excluding carboxylic acids is 1. The summed E-state index contributed by atoms with van der Waals surface area (Å²) in [7, 11) is 0. The van der Waals surface area contributed by atoms with Gasteiger partial charge in [0.1, 0.15) is 11.5 Å². The molecule has 2 aromatic rings. The van der Waals surface area contributed by atoms with Crippen molar-refractivity contribution in [2.24, 2.45) is 0 Å². The first-order valence-electron chi connectivity index (χ1n) is 5.32. The van der Waals surface area contributed by atoms with Crippen LogP contribution in [0.2, 0.25) is 5.02 Å². The first-order valence-corrected chi connectivity index (χ1v) is 5.70. The molecular weight excluding hydrogens is 252 g/mol. The van der Waals surface area contributed by atoms with Gasteiger partial charge >= 0.3 is 0 Å². The Kier molecular flexibility index (Phi) is 3.26. The smallest absolute Gasteiger partial charge is 0.197 e. The number of aryl methyl sites for hydroxylation is 1. The number of ketones is 1. The van der Waals surface area contributed by atoms with Gasteiger partial charge in [-0.25, -0.2) is 0 Å². The highest BCUT2D eigenvalue weighted by atomic mass is 35.5. The Morgan fingerprint density at radius 2 is 1.72 bits per heavy atom. The number of halogens is 1. The third-order valence-electron chi connectivity index (χ3n) is 2.70. The number of rotatable bonds is 2. The van der Waals surface area contributed by atoms with Crippen molar-refractivity contribution in [3.8, 4) is 11.5 Å². The molecule has 0 aliphatic rings. The standard InChI is InChI=1S/C14H11ClO3/c1-8-4-2-3-5-9(8)14(18)10-6-11(15)13(17)7-12(10)16/h2-7,16-17H,1H3. The van der Waals surface area contributed by atoms with Gasteiger partial charge in [0.05, 0.1) is 10.6 Å². The van der Waals surface area contributed by atoms with Gasteiger partial charge in [0.15, 0.2) is 5.78 Å². The average Bonchev–Trinajstić information content (AvgIpc) is 2.33. The molecule has 2 aromatic carbocycles. The zero-order valence-electron chi connectivity index (χ0n) is 9.64. The average molecular weight is 263 g/mol. The maximum Gasteiger partial charge on any atom is 0.197 e. The van der Waals surface area contributed by atoms with Crippen molar-refractivity contribution >= 4 is 17.4 Å². The maximum absolute atomic E-state index is 12.3. The van der Waals surface area contributed by atoms with E-state index in [-0.39, 0.29) is 27.9 Å². The molecule has 0 saturated carbocycles. The van der Waals surface area contributed by atoms with E-state index in [1.807, 2.05) is 19.1 Å². The van der Waals surface area contributed by atoms with Crippen molar-refractivity contribution in [1.29, 1.82) is 0 Å². The first-order chi connectivity index (χ1) is 8.50. The summed E-state index contributed by atoms with van der Waals surface area (Å²) in [5, 5.41) is 19.1. The van der Waals surface area contributed by atoms with E-state index < -0.39 is 0 Å². The van der Waals surface area contributed by atoms with Crippen molar-refractivity contribution in [2.75, 3.05) is 0 Å². The molecule has 0 bridgehead atoms. The summed E-state index contributed by atoms with van der Waals surface area (Å²) in [5.41, 5.74) is 1.38. The lowest BCUT2D eigenvalue weighted by atomic mass is 9.98. The van der Waals surface area contributed by atoms with Crippen LogP contribution in [0.25, 0.3) is 0 Å². The third-order valence-corrected chi connectivity index (χ3v) is 3.00. The van der Waals surface area contributed by atoms with Crippen molar-refractivity contribution in [3.63, 3.8) is 0 Å². The highest BCUT2D eigenvalue weighted by molar-refractivity contribution is 6.32. The molecule has 0 unspecified atom stereocenters. The Bertz CT molecular complexity index is 620. The molecule has 0 radical (unpaired) electrons. The van der Waals surface area contributed by atoms with E-state index in [0.29, 0.717) is 5.56 Å². The fraction of sp³-hybridized carbons (Fsp3) is 0.0714. The molecule has 18 heavy (non-hydrogen) atoms. The molecule has 3 nitrogen and oxygen atoms in total. The second kappa shape index (κ2) is 4.70. The molecule has 0 atom stereocenters. The van der Waals surface area contributed by atoms with Crippen LogP contribution in [0.3, 0.4) is 0 Å². The summed E-state index contributed by atoms with van der Waals surface area (Å²) in [5.74, 6) is -0.867. The molecular formula is C14H11ClO3. The van der Waals surface area contributed by atoms with E-state index in [1.54, 1.807) is 12.1 Å². The minimum Gasteiger partial charge on any atom is -0.507 e. The predicted molar refractivity (Wildman–Crippen MR) is 69.4 cm³/mol. The van der Waals surface area contributed by atoms with Crippen LogP contribution in [0.15, 0.2) is 36.4 Å². The molecule has 0 aliphatic heterocycles. The molecule has 2 rings (SSSR count). The number of carbonyl (C=O) groups is 1. The lowest BCUT2D eigenvalue weighted by Gasteiger charge is -2.08. The molecule has 0 saturated heterocycles. The van der Waals surface area contributed by atoms with Gasteiger partial charge in [-0.3, -0.25) is 4.79 Å². The van der Waals surface area contributed by atoms with Crippen molar-refractivity contribution < 1.29 is 15.0 Å². The zero-order valence-corrected chi connectivity index (χ0v) is 10.4. The molecule has 0 aromatic heterocycles. The summed E-state index contributed by atoms with van der Waals surface area (Å²) in [4.78, 5) is 12.3. The SMILES string of the molecule is Cc1ccccc1C(=O)c1cc(Cl)c(O)cc1O. The van der Waals surface area contributed by atoms with Gasteiger partial charge in [-0.2, -0.15) is 0 Å². The first kappa shape index (κ1) is 12.5. The van der Waals surface area contributed by atoms with Crippen LogP contribution in [0.1, 0.15) is 21.5 Å². The number of phenolic OH excluding ortho intramolecular Hbond substituents is 2. The fourth-order valence-corrected chi connectivity index (χ4v) is 1.87. The van der Waals surface area contributed by atoms with Gasteiger partial charge in [0, 0.05) is 11.6 Å². The molecule has 92 valence electrons. The fourth-order valence-electron chi connectivity index (χ4n) is 1.71. The van der Waals surface area contributed by atoms with Crippen molar-refractivity contribution in [3.05, 3.63) is 58.1 Å². The van der Waals surface area contributed by atoms with E-state index >= 15 is 0 Å². The predicted octanol–water partition coefficient (Wildman–Crippen LogP) is 3.29. The van der Waals surface area contributed by atoms with Crippen LogP contribution in [0.5, 0.6) is 11.5 Å². The van der Waals surface area contributed by atoms with E-state index in [2.05, 4.69) is 0 Å². The Hall–Kier alpha value is -2.00. The molecule has 0 heterocycles. The summed E-state index contributed by atoms with van der Waals surface area (Å²) in [6.45, 7) is 1.81. The molecule has 0 amide bonds. The van der Waals surface area contributed by atoms with Crippen LogP contribution in [-0.4, -0.2) is 16.0 Å². The molecule has 0 aliphatic carbocycles. The summed E-state index contributed by atoms with van der Waals surface area (Å²) < 4.78 is 0. The molecule has 2 N–H and O–H groups in total. The van der Waals surface area contributed by atoms with E-state index in [0.717, 1.165) is 11.6 Å². The van der Waals surface area contributed by atoms with Crippen molar-refractivity contribution in [1.82, 2.24) is 0 Å². The van der Waals surface area contributed by atoms with Crippen LogP contribution in [0, 0.1) is 6.92 Å². The Balaban J connectivity index is 2.53. The van der Waals surface area contributed by atoms with Crippen molar-refractivity contribution in [2.45, 2.75) is 6.92 Å². The second-order valence-corrected chi connectivity index (χ2v) is 4.37. The zero-order chi connectivity index (χ0) is 13.3. The molecule has 0 spiro atoms. The highest BCUT2D eigenvalue weighted by Crippen LogP contribution is 2.32. The largest absolute Gasteiger partial charge is 0.507 e. The van der Waals surface area contributed by atoms with Gasteiger partial charge in [0.25, 0.3) is 0 Å². The Labute approximate surface area is 109 Å².